The summed E-state index contributed by atoms with van der Waals surface area (Å²) in [5.41, 5.74) is 1.39. The Balaban J connectivity index is 1.53. The van der Waals surface area contributed by atoms with E-state index in [1.54, 1.807) is 12.1 Å². The van der Waals surface area contributed by atoms with E-state index < -0.39 is 0 Å². The first kappa shape index (κ1) is 20.6. The maximum absolute atomic E-state index is 13.3. The molecule has 4 rings (SSSR count). The Morgan fingerprint density at radius 2 is 1.63 bits per heavy atom. The van der Waals surface area contributed by atoms with Crippen LogP contribution in [0.5, 0.6) is 0 Å². The van der Waals surface area contributed by atoms with Gasteiger partial charge >= 0.3 is 0 Å². The SMILES string of the molecule is CC(C)n1nc(C(=O)N2CCN(Cc3ccc(Cl)cc3)CC2)c2ccccc2c1=O. The average Bonchev–Trinajstić information content (AvgIpc) is 2.76. The molecule has 1 fully saturated rings. The normalized spacial score (nSPS) is 15.1. The smallest absolute Gasteiger partial charge is 0.275 e. The molecule has 1 aromatic heterocycles. The molecule has 2 heterocycles. The summed E-state index contributed by atoms with van der Waals surface area (Å²) in [6.45, 7) is 7.46. The van der Waals surface area contributed by atoms with Crippen LogP contribution in [0.4, 0.5) is 0 Å². The molecule has 3 aromatic rings. The number of hydrogen-bond donors (Lipinski definition) is 0. The minimum atomic E-state index is -0.162. The summed E-state index contributed by atoms with van der Waals surface area (Å²) in [7, 11) is 0. The molecule has 7 heteroatoms. The Morgan fingerprint density at radius 3 is 2.27 bits per heavy atom. The number of halogens is 1. The van der Waals surface area contributed by atoms with E-state index in [0.717, 1.165) is 24.7 Å². The van der Waals surface area contributed by atoms with Gasteiger partial charge in [-0.25, -0.2) is 4.68 Å². The summed E-state index contributed by atoms with van der Waals surface area (Å²) in [5, 5.41) is 6.34. The third-order valence-electron chi connectivity index (χ3n) is 5.50. The maximum Gasteiger partial charge on any atom is 0.275 e. The number of piperazine rings is 1. The number of benzene rings is 2. The predicted octanol–water partition coefficient (Wildman–Crippen LogP) is 3.59. The zero-order valence-electron chi connectivity index (χ0n) is 17.2. The molecule has 0 unspecified atom stereocenters. The summed E-state index contributed by atoms with van der Waals surface area (Å²) in [6, 6.07) is 15.0. The first-order valence-electron chi connectivity index (χ1n) is 10.2. The Hall–Kier alpha value is -2.70. The van der Waals surface area contributed by atoms with Crippen LogP contribution in [0.2, 0.25) is 5.02 Å². The summed E-state index contributed by atoms with van der Waals surface area (Å²) in [5.74, 6) is -0.119. The first-order valence-corrected chi connectivity index (χ1v) is 10.6. The summed E-state index contributed by atoms with van der Waals surface area (Å²) in [4.78, 5) is 30.2. The van der Waals surface area contributed by atoms with Crippen molar-refractivity contribution >= 4 is 28.3 Å². The molecule has 0 spiro atoms. The van der Waals surface area contributed by atoms with Gasteiger partial charge in [-0.1, -0.05) is 41.9 Å². The molecule has 0 saturated carbocycles. The van der Waals surface area contributed by atoms with Crippen LogP contribution >= 0.6 is 11.6 Å². The molecular weight excluding hydrogens is 400 g/mol. The van der Waals surface area contributed by atoms with E-state index in [2.05, 4.69) is 10.00 Å². The molecule has 0 bridgehead atoms. The third kappa shape index (κ3) is 4.11. The van der Waals surface area contributed by atoms with Crippen LogP contribution in [-0.2, 0) is 6.54 Å². The second kappa shape index (κ2) is 8.58. The van der Waals surface area contributed by atoms with Gasteiger partial charge in [-0.2, -0.15) is 5.10 Å². The molecule has 1 aliphatic heterocycles. The van der Waals surface area contributed by atoms with E-state index in [1.165, 1.54) is 10.2 Å². The van der Waals surface area contributed by atoms with Crippen LogP contribution in [0, 0.1) is 0 Å². The number of carbonyl (C=O) groups excluding carboxylic acids is 1. The van der Waals surface area contributed by atoms with E-state index in [1.807, 2.05) is 55.1 Å². The monoisotopic (exact) mass is 424 g/mol. The van der Waals surface area contributed by atoms with Gasteiger partial charge in [-0.3, -0.25) is 14.5 Å². The van der Waals surface area contributed by atoms with E-state index in [9.17, 15) is 9.59 Å². The lowest BCUT2D eigenvalue weighted by atomic mass is 10.1. The van der Waals surface area contributed by atoms with Gasteiger partial charge in [0.1, 0.15) is 0 Å². The highest BCUT2D eigenvalue weighted by Crippen LogP contribution is 2.18. The van der Waals surface area contributed by atoms with Crippen molar-refractivity contribution in [3.05, 3.63) is 75.2 Å². The Morgan fingerprint density at radius 1 is 1.00 bits per heavy atom. The van der Waals surface area contributed by atoms with Crippen molar-refractivity contribution in [1.29, 1.82) is 0 Å². The zero-order chi connectivity index (χ0) is 21.3. The van der Waals surface area contributed by atoms with E-state index >= 15 is 0 Å². The lowest BCUT2D eigenvalue weighted by molar-refractivity contribution is 0.0622. The van der Waals surface area contributed by atoms with Gasteiger partial charge in [0.25, 0.3) is 11.5 Å². The minimum absolute atomic E-state index is 0.119. The molecule has 1 saturated heterocycles. The first-order chi connectivity index (χ1) is 14.4. The fourth-order valence-corrected chi connectivity index (χ4v) is 3.95. The van der Waals surface area contributed by atoms with Crippen LogP contribution in [0.3, 0.4) is 0 Å². The van der Waals surface area contributed by atoms with Gasteiger partial charge in [0.2, 0.25) is 0 Å². The van der Waals surface area contributed by atoms with Crippen LogP contribution < -0.4 is 5.56 Å². The quantitative estimate of drug-likeness (QED) is 0.642. The van der Waals surface area contributed by atoms with Gasteiger partial charge in [-0.05, 0) is 37.6 Å². The number of fused-ring (bicyclic) bond motifs is 1. The van der Waals surface area contributed by atoms with Crippen LogP contribution in [0.1, 0.15) is 35.9 Å². The van der Waals surface area contributed by atoms with Crippen molar-refractivity contribution in [2.24, 2.45) is 0 Å². The Labute approximate surface area is 180 Å². The molecule has 6 nitrogen and oxygen atoms in total. The fraction of sp³-hybridized carbons (Fsp3) is 0.348. The van der Waals surface area contributed by atoms with Gasteiger partial charge in [0, 0.05) is 43.1 Å². The number of nitrogens with zero attached hydrogens (tertiary/aromatic N) is 4. The second-order valence-electron chi connectivity index (χ2n) is 7.93. The average molecular weight is 425 g/mol. The minimum Gasteiger partial charge on any atom is -0.335 e. The number of carbonyl (C=O) groups is 1. The van der Waals surface area contributed by atoms with Gasteiger partial charge in [0.15, 0.2) is 5.69 Å². The number of amides is 1. The van der Waals surface area contributed by atoms with Gasteiger partial charge < -0.3 is 4.90 Å². The topological polar surface area (TPSA) is 58.4 Å². The second-order valence-corrected chi connectivity index (χ2v) is 8.37. The van der Waals surface area contributed by atoms with E-state index in [4.69, 9.17) is 11.6 Å². The predicted molar refractivity (Wildman–Crippen MR) is 119 cm³/mol. The standard InChI is InChI=1S/C23H25ClN4O2/c1-16(2)28-22(29)20-6-4-3-5-19(20)21(25-28)23(30)27-13-11-26(12-14-27)15-17-7-9-18(24)10-8-17/h3-10,16H,11-15H2,1-2H3. The summed E-state index contributed by atoms with van der Waals surface area (Å²) in [6.07, 6.45) is 0. The fourth-order valence-electron chi connectivity index (χ4n) is 3.82. The van der Waals surface area contributed by atoms with E-state index in [0.29, 0.717) is 29.6 Å². The van der Waals surface area contributed by atoms with Crippen LogP contribution in [-0.4, -0.2) is 51.7 Å². The molecule has 1 amide bonds. The molecule has 156 valence electrons. The highest BCUT2D eigenvalue weighted by atomic mass is 35.5. The van der Waals surface area contributed by atoms with Gasteiger partial charge in [0.05, 0.1) is 11.4 Å². The van der Waals surface area contributed by atoms with Crippen LogP contribution in [0.15, 0.2) is 53.3 Å². The van der Waals surface area contributed by atoms with Crippen molar-refractivity contribution in [2.45, 2.75) is 26.4 Å². The molecule has 0 atom stereocenters. The Bertz CT molecular complexity index is 1120. The van der Waals surface area contributed by atoms with Crippen LogP contribution in [0.25, 0.3) is 10.8 Å². The number of aromatic nitrogens is 2. The van der Waals surface area contributed by atoms with Gasteiger partial charge in [-0.15, -0.1) is 0 Å². The molecule has 0 N–H and O–H groups in total. The Kier molecular flexibility index (Phi) is 5.88. The van der Waals surface area contributed by atoms with Crippen molar-refractivity contribution in [2.75, 3.05) is 26.2 Å². The van der Waals surface area contributed by atoms with E-state index in [-0.39, 0.29) is 17.5 Å². The van der Waals surface area contributed by atoms with Crippen molar-refractivity contribution in [1.82, 2.24) is 19.6 Å². The third-order valence-corrected chi connectivity index (χ3v) is 5.75. The summed E-state index contributed by atoms with van der Waals surface area (Å²) >= 11 is 5.96. The van der Waals surface area contributed by atoms with Crippen molar-refractivity contribution < 1.29 is 4.79 Å². The largest absolute Gasteiger partial charge is 0.335 e. The molecule has 1 aliphatic rings. The molecule has 0 radical (unpaired) electrons. The molecule has 30 heavy (non-hydrogen) atoms. The lowest BCUT2D eigenvalue weighted by Crippen LogP contribution is -2.48. The number of rotatable bonds is 4. The lowest BCUT2D eigenvalue weighted by Gasteiger charge is -2.34. The maximum atomic E-state index is 13.3. The molecule has 0 aliphatic carbocycles. The zero-order valence-corrected chi connectivity index (χ0v) is 18.0. The number of hydrogen-bond acceptors (Lipinski definition) is 4. The highest BCUT2D eigenvalue weighted by Gasteiger charge is 2.26. The molecule has 2 aromatic carbocycles. The van der Waals surface area contributed by atoms with Crippen molar-refractivity contribution in [3.63, 3.8) is 0 Å². The highest BCUT2D eigenvalue weighted by molar-refractivity contribution is 6.30. The summed E-state index contributed by atoms with van der Waals surface area (Å²) < 4.78 is 1.41. The van der Waals surface area contributed by atoms with Crippen molar-refractivity contribution in [3.8, 4) is 0 Å². The molecular formula is C23H25ClN4O2.